The van der Waals surface area contributed by atoms with Gasteiger partial charge in [0.1, 0.15) is 0 Å². The van der Waals surface area contributed by atoms with Crippen molar-refractivity contribution in [3.63, 3.8) is 0 Å². The normalized spacial score (nSPS) is 13.4. The lowest BCUT2D eigenvalue weighted by Gasteiger charge is -2.14. The number of carboxylic acid groups (broad SMARTS) is 1. The summed E-state index contributed by atoms with van der Waals surface area (Å²) in [5.41, 5.74) is 1.83. The monoisotopic (exact) mass is 281 g/mol. The van der Waals surface area contributed by atoms with Crippen LogP contribution in [0.25, 0.3) is 0 Å². The number of benzene rings is 2. The topological polar surface area (TPSA) is 74.7 Å². The van der Waals surface area contributed by atoms with Gasteiger partial charge < -0.3 is 5.11 Å². The molecule has 5 nitrogen and oxygen atoms in total. The van der Waals surface area contributed by atoms with E-state index in [9.17, 15) is 14.4 Å². The van der Waals surface area contributed by atoms with Crippen LogP contribution in [-0.2, 0) is 11.2 Å². The van der Waals surface area contributed by atoms with E-state index in [4.69, 9.17) is 5.11 Å². The van der Waals surface area contributed by atoms with E-state index in [1.54, 1.807) is 48.5 Å². The molecule has 0 saturated carbocycles. The zero-order valence-electron chi connectivity index (χ0n) is 10.9. The van der Waals surface area contributed by atoms with E-state index in [0.717, 1.165) is 4.90 Å². The van der Waals surface area contributed by atoms with E-state index in [0.29, 0.717) is 22.4 Å². The van der Waals surface area contributed by atoms with Gasteiger partial charge in [-0.2, -0.15) is 0 Å². The van der Waals surface area contributed by atoms with Crippen molar-refractivity contribution in [2.75, 3.05) is 4.90 Å². The van der Waals surface area contributed by atoms with E-state index >= 15 is 0 Å². The molecule has 1 aliphatic heterocycles. The fraction of sp³-hybridized carbons (Fsp3) is 0.0625. The van der Waals surface area contributed by atoms with Crippen LogP contribution in [0.2, 0.25) is 0 Å². The molecule has 2 amide bonds. The Balaban J connectivity index is 1.94. The minimum atomic E-state index is -0.927. The zero-order valence-corrected chi connectivity index (χ0v) is 10.9. The maximum absolute atomic E-state index is 12.3. The molecule has 2 aromatic carbocycles. The Morgan fingerprint density at radius 1 is 0.905 bits per heavy atom. The van der Waals surface area contributed by atoms with Gasteiger partial charge in [0, 0.05) is 0 Å². The molecule has 0 bridgehead atoms. The van der Waals surface area contributed by atoms with Crippen LogP contribution in [-0.4, -0.2) is 22.9 Å². The number of fused-ring (bicyclic) bond motifs is 1. The van der Waals surface area contributed by atoms with Crippen LogP contribution < -0.4 is 4.90 Å². The Hall–Kier alpha value is -2.95. The minimum Gasteiger partial charge on any atom is -0.481 e. The first-order valence-electron chi connectivity index (χ1n) is 6.36. The number of carboxylic acids is 1. The lowest BCUT2D eigenvalue weighted by molar-refractivity contribution is -0.136. The number of rotatable bonds is 3. The summed E-state index contributed by atoms with van der Waals surface area (Å²) >= 11 is 0. The smallest absolute Gasteiger partial charge is 0.307 e. The van der Waals surface area contributed by atoms with Crippen molar-refractivity contribution in [3.05, 3.63) is 65.2 Å². The molecule has 1 heterocycles. The van der Waals surface area contributed by atoms with Gasteiger partial charge >= 0.3 is 5.97 Å². The summed E-state index contributed by atoms with van der Waals surface area (Å²) in [6.45, 7) is 0. The number of carbonyl (C=O) groups excluding carboxylic acids is 2. The maximum atomic E-state index is 12.3. The first-order chi connectivity index (χ1) is 10.1. The number of nitrogens with zero attached hydrogens (tertiary/aromatic N) is 1. The van der Waals surface area contributed by atoms with E-state index in [1.165, 1.54) is 0 Å². The van der Waals surface area contributed by atoms with Crippen molar-refractivity contribution in [3.8, 4) is 0 Å². The summed E-state index contributed by atoms with van der Waals surface area (Å²) in [7, 11) is 0. The molecule has 0 spiro atoms. The average Bonchev–Trinajstić information content (AvgIpc) is 2.72. The number of imide groups is 1. The molecular formula is C16H11NO4. The van der Waals surface area contributed by atoms with Gasteiger partial charge in [-0.1, -0.05) is 24.3 Å². The van der Waals surface area contributed by atoms with Gasteiger partial charge in [0.25, 0.3) is 11.8 Å². The Kier molecular flexibility index (Phi) is 3.02. The molecule has 0 fully saturated rings. The summed E-state index contributed by atoms with van der Waals surface area (Å²) in [4.78, 5) is 36.3. The molecule has 0 radical (unpaired) electrons. The highest BCUT2D eigenvalue weighted by atomic mass is 16.4. The highest BCUT2D eigenvalue weighted by Crippen LogP contribution is 2.28. The summed E-state index contributed by atoms with van der Waals surface area (Å²) in [6, 6.07) is 13.0. The van der Waals surface area contributed by atoms with Crippen LogP contribution in [0.5, 0.6) is 0 Å². The quantitative estimate of drug-likeness (QED) is 0.874. The van der Waals surface area contributed by atoms with Crippen molar-refractivity contribution >= 4 is 23.5 Å². The van der Waals surface area contributed by atoms with Crippen molar-refractivity contribution in [1.82, 2.24) is 0 Å². The second kappa shape index (κ2) is 4.86. The van der Waals surface area contributed by atoms with E-state index in [1.807, 2.05) is 0 Å². The van der Waals surface area contributed by atoms with Gasteiger partial charge in [-0.15, -0.1) is 0 Å². The molecule has 2 aromatic rings. The Bertz CT molecular complexity index is 714. The SMILES string of the molecule is O=C(O)Cc1ccc(N2C(=O)c3ccccc3C2=O)cc1. The van der Waals surface area contributed by atoms with Crippen molar-refractivity contribution < 1.29 is 19.5 Å². The van der Waals surface area contributed by atoms with Crippen molar-refractivity contribution in [2.24, 2.45) is 0 Å². The lowest BCUT2D eigenvalue weighted by Crippen LogP contribution is -2.29. The minimum absolute atomic E-state index is 0.0948. The van der Waals surface area contributed by atoms with Crippen LogP contribution in [0.3, 0.4) is 0 Å². The van der Waals surface area contributed by atoms with Crippen LogP contribution in [0.4, 0.5) is 5.69 Å². The second-order valence-corrected chi connectivity index (χ2v) is 4.73. The van der Waals surface area contributed by atoms with Crippen LogP contribution in [0.15, 0.2) is 48.5 Å². The molecule has 0 atom stereocenters. The standard InChI is InChI=1S/C16H11NO4/c18-14(19)9-10-5-7-11(8-6-10)17-15(20)12-3-1-2-4-13(12)16(17)21/h1-8H,9H2,(H,18,19). The molecule has 1 N–H and O–H groups in total. The molecular weight excluding hydrogens is 270 g/mol. The molecule has 0 aliphatic carbocycles. The summed E-state index contributed by atoms with van der Waals surface area (Å²) < 4.78 is 0. The van der Waals surface area contributed by atoms with E-state index in [2.05, 4.69) is 0 Å². The Morgan fingerprint density at radius 3 is 1.90 bits per heavy atom. The van der Waals surface area contributed by atoms with Gasteiger partial charge in [-0.3, -0.25) is 14.4 Å². The molecule has 5 heteroatoms. The first-order valence-corrected chi connectivity index (χ1v) is 6.36. The van der Waals surface area contributed by atoms with Crippen LogP contribution in [0.1, 0.15) is 26.3 Å². The van der Waals surface area contributed by atoms with Gasteiger partial charge in [-0.25, -0.2) is 4.90 Å². The molecule has 0 unspecified atom stereocenters. The van der Waals surface area contributed by atoms with Gasteiger partial charge in [-0.05, 0) is 29.8 Å². The molecule has 3 rings (SSSR count). The van der Waals surface area contributed by atoms with Crippen molar-refractivity contribution in [1.29, 1.82) is 0 Å². The number of carbonyl (C=O) groups is 3. The largest absolute Gasteiger partial charge is 0.481 e. The van der Waals surface area contributed by atoms with Crippen molar-refractivity contribution in [2.45, 2.75) is 6.42 Å². The van der Waals surface area contributed by atoms with E-state index < -0.39 is 5.97 Å². The van der Waals surface area contributed by atoms with Gasteiger partial charge in [0.2, 0.25) is 0 Å². The fourth-order valence-corrected chi connectivity index (χ4v) is 2.36. The molecule has 1 aliphatic rings. The Morgan fingerprint density at radius 2 is 1.43 bits per heavy atom. The number of anilines is 1. The van der Waals surface area contributed by atoms with Crippen LogP contribution in [0, 0.1) is 0 Å². The van der Waals surface area contributed by atoms with Crippen LogP contribution >= 0.6 is 0 Å². The number of hydrogen-bond acceptors (Lipinski definition) is 3. The second-order valence-electron chi connectivity index (χ2n) is 4.73. The third-order valence-electron chi connectivity index (χ3n) is 3.34. The average molecular weight is 281 g/mol. The highest BCUT2D eigenvalue weighted by molar-refractivity contribution is 6.34. The molecule has 0 saturated heterocycles. The fourth-order valence-electron chi connectivity index (χ4n) is 2.36. The third kappa shape index (κ3) is 2.18. The summed E-state index contributed by atoms with van der Waals surface area (Å²) in [6.07, 6.45) is -0.0948. The van der Waals surface area contributed by atoms with Gasteiger partial charge in [0.15, 0.2) is 0 Å². The predicted molar refractivity (Wildman–Crippen MR) is 75.4 cm³/mol. The maximum Gasteiger partial charge on any atom is 0.307 e. The molecule has 104 valence electrons. The lowest BCUT2D eigenvalue weighted by atomic mass is 10.1. The van der Waals surface area contributed by atoms with E-state index in [-0.39, 0.29) is 18.2 Å². The predicted octanol–water partition coefficient (Wildman–Crippen LogP) is 2.11. The summed E-state index contributed by atoms with van der Waals surface area (Å²) in [5, 5.41) is 8.73. The highest BCUT2D eigenvalue weighted by Gasteiger charge is 2.36. The molecule has 21 heavy (non-hydrogen) atoms. The third-order valence-corrected chi connectivity index (χ3v) is 3.34. The van der Waals surface area contributed by atoms with Gasteiger partial charge in [0.05, 0.1) is 23.2 Å². The first kappa shape index (κ1) is 13.1. The number of amides is 2. The Labute approximate surface area is 120 Å². The zero-order chi connectivity index (χ0) is 15.0. The summed E-state index contributed by atoms with van der Waals surface area (Å²) in [5.74, 6) is -1.65. The number of aliphatic carboxylic acids is 1. The number of hydrogen-bond donors (Lipinski definition) is 1. The molecule has 0 aromatic heterocycles.